The van der Waals surface area contributed by atoms with Gasteiger partial charge in [0.1, 0.15) is 6.17 Å². The van der Waals surface area contributed by atoms with E-state index in [1.54, 1.807) is 0 Å². The van der Waals surface area contributed by atoms with Gasteiger partial charge in [0.2, 0.25) is 0 Å². The quantitative estimate of drug-likeness (QED) is 0.671. The molecule has 0 aromatic carbocycles. The van der Waals surface area contributed by atoms with Crippen molar-refractivity contribution in [1.29, 1.82) is 0 Å². The second-order valence-corrected chi connectivity index (χ2v) is 7.97. The van der Waals surface area contributed by atoms with Gasteiger partial charge in [0.15, 0.2) is 5.50 Å². The van der Waals surface area contributed by atoms with Crippen molar-refractivity contribution in [3.63, 3.8) is 0 Å². The van der Waals surface area contributed by atoms with Crippen molar-refractivity contribution >= 4 is 24.4 Å². The van der Waals surface area contributed by atoms with Gasteiger partial charge in [0.25, 0.3) is 0 Å². The van der Waals surface area contributed by atoms with Crippen LogP contribution < -0.4 is 5.32 Å². The molecule has 4 nitrogen and oxygen atoms in total. The number of thioether (sulfide) groups is 1. The van der Waals surface area contributed by atoms with Gasteiger partial charge in [-0.15, -0.1) is 24.4 Å². The molecule has 1 N–H and O–H groups in total. The summed E-state index contributed by atoms with van der Waals surface area (Å²) in [6, 6.07) is 0. The zero-order chi connectivity index (χ0) is 12.3. The summed E-state index contributed by atoms with van der Waals surface area (Å²) in [5.74, 6) is 2.37. The van der Waals surface area contributed by atoms with Crippen molar-refractivity contribution in [2.75, 3.05) is 6.67 Å². The summed E-state index contributed by atoms with van der Waals surface area (Å²) in [6.07, 6.45) is 4.44. The van der Waals surface area contributed by atoms with Gasteiger partial charge in [0.05, 0.1) is 12.0 Å². The van der Waals surface area contributed by atoms with Crippen molar-refractivity contribution in [3.05, 3.63) is 0 Å². The molecule has 4 aliphatic rings. The van der Waals surface area contributed by atoms with Crippen LogP contribution in [-0.4, -0.2) is 33.9 Å². The normalized spacial score (nSPS) is 55.1. The maximum absolute atomic E-state index is 4.51. The topological polar surface area (TPSA) is 40.0 Å². The molecule has 3 fully saturated rings. The fourth-order valence-electron chi connectivity index (χ4n) is 4.08. The van der Waals surface area contributed by atoms with Gasteiger partial charge in [-0.2, -0.15) is 10.2 Å². The van der Waals surface area contributed by atoms with Crippen LogP contribution in [0.3, 0.4) is 0 Å². The zero-order valence-electron chi connectivity index (χ0n) is 10.6. The Kier molecular flexibility index (Phi) is 2.91. The Morgan fingerprint density at radius 3 is 3.11 bits per heavy atom. The lowest BCUT2D eigenvalue weighted by Gasteiger charge is -2.40. The van der Waals surface area contributed by atoms with Crippen LogP contribution in [0, 0.1) is 17.8 Å². The lowest BCUT2D eigenvalue weighted by atomic mass is 9.74. The number of fused-ring (bicyclic) bond motifs is 5. The van der Waals surface area contributed by atoms with Gasteiger partial charge < -0.3 is 0 Å². The summed E-state index contributed by atoms with van der Waals surface area (Å²) in [7, 11) is 0. The molecule has 0 bridgehead atoms. The molecule has 0 aromatic heterocycles. The van der Waals surface area contributed by atoms with E-state index in [4.69, 9.17) is 0 Å². The predicted octanol–water partition coefficient (Wildman–Crippen LogP) is 2.35. The van der Waals surface area contributed by atoms with Crippen molar-refractivity contribution < 1.29 is 0 Å². The number of rotatable bonds is 0. The van der Waals surface area contributed by atoms with Gasteiger partial charge in [-0.05, 0) is 24.7 Å². The highest BCUT2D eigenvalue weighted by molar-refractivity contribution is 8.00. The van der Waals surface area contributed by atoms with Crippen molar-refractivity contribution in [1.82, 2.24) is 10.2 Å². The molecule has 0 spiro atoms. The second kappa shape index (κ2) is 4.36. The standard InChI is InChI=1S/C12H20N4S2/c1-6-2-3-7-8(4-6)18-11-9(7)10-14-15-12(17)16(10)5-13-11/h6-13,17H,2-5H2,1H3. The van der Waals surface area contributed by atoms with Crippen molar-refractivity contribution in [2.24, 2.45) is 28.0 Å². The third-order valence-corrected chi connectivity index (χ3v) is 7.08. The minimum absolute atomic E-state index is 0.0324. The molecule has 7 unspecified atom stereocenters. The fourth-order valence-corrected chi connectivity index (χ4v) is 6.39. The molecular weight excluding hydrogens is 264 g/mol. The Morgan fingerprint density at radius 1 is 1.33 bits per heavy atom. The Bertz CT molecular complexity index is 377. The SMILES string of the molecule is CC1CCC2C(C1)SC1NCN3C(S)N=NC3C12. The molecule has 1 saturated carbocycles. The molecule has 3 heterocycles. The Hall–Kier alpha value is 0.220. The van der Waals surface area contributed by atoms with Gasteiger partial charge in [-0.3, -0.25) is 5.32 Å². The molecule has 100 valence electrons. The molecule has 7 atom stereocenters. The van der Waals surface area contributed by atoms with Gasteiger partial charge >= 0.3 is 0 Å². The van der Waals surface area contributed by atoms with Crippen LogP contribution in [0.4, 0.5) is 0 Å². The van der Waals surface area contributed by atoms with Gasteiger partial charge in [-0.1, -0.05) is 13.3 Å². The molecule has 0 aromatic rings. The molecule has 3 aliphatic heterocycles. The highest BCUT2D eigenvalue weighted by atomic mass is 32.2. The van der Waals surface area contributed by atoms with E-state index in [2.05, 4.69) is 51.8 Å². The predicted molar refractivity (Wildman–Crippen MR) is 76.4 cm³/mol. The largest absolute Gasteiger partial charge is 0.292 e. The number of nitrogens with zero attached hydrogens (tertiary/aromatic N) is 3. The molecule has 0 radical (unpaired) electrons. The second-order valence-electron chi connectivity index (χ2n) is 6.12. The monoisotopic (exact) mass is 284 g/mol. The molecule has 18 heavy (non-hydrogen) atoms. The average Bonchev–Trinajstić information content (AvgIpc) is 2.89. The van der Waals surface area contributed by atoms with E-state index >= 15 is 0 Å². The summed E-state index contributed by atoms with van der Waals surface area (Å²) in [4.78, 5) is 2.30. The van der Waals surface area contributed by atoms with E-state index in [1.807, 2.05) is 0 Å². The maximum atomic E-state index is 4.51. The Balaban J connectivity index is 1.60. The van der Waals surface area contributed by atoms with Crippen LogP contribution in [0.25, 0.3) is 0 Å². The highest BCUT2D eigenvalue weighted by Gasteiger charge is 2.54. The van der Waals surface area contributed by atoms with Crippen molar-refractivity contribution in [2.45, 2.75) is 48.5 Å². The molecule has 2 saturated heterocycles. The average molecular weight is 284 g/mol. The lowest BCUT2D eigenvalue weighted by Crippen LogP contribution is -2.57. The first-order valence-corrected chi connectivity index (χ1v) is 8.42. The first kappa shape index (κ1) is 12.0. The smallest absolute Gasteiger partial charge is 0.170 e. The third-order valence-electron chi connectivity index (χ3n) is 5.01. The number of nitrogens with one attached hydrogen (secondary N) is 1. The summed E-state index contributed by atoms with van der Waals surface area (Å²) in [6.45, 7) is 3.28. The van der Waals surface area contributed by atoms with Crippen LogP contribution in [0.1, 0.15) is 26.2 Å². The van der Waals surface area contributed by atoms with Gasteiger partial charge in [0, 0.05) is 11.2 Å². The number of thiol groups is 1. The van der Waals surface area contributed by atoms with Crippen LogP contribution in [0.2, 0.25) is 0 Å². The minimum Gasteiger partial charge on any atom is -0.292 e. The van der Waals surface area contributed by atoms with E-state index in [-0.39, 0.29) is 11.7 Å². The van der Waals surface area contributed by atoms with E-state index in [0.29, 0.717) is 11.3 Å². The third kappa shape index (κ3) is 1.69. The Morgan fingerprint density at radius 2 is 2.22 bits per heavy atom. The maximum Gasteiger partial charge on any atom is 0.170 e. The number of hydrogen-bond acceptors (Lipinski definition) is 6. The summed E-state index contributed by atoms with van der Waals surface area (Å²) in [5.41, 5.74) is -0.0324. The summed E-state index contributed by atoms with van der Waals surface area (Å²) < 4.78 is 0. The van der Waals surface area contributed by atoms with Crippen LogP contribution in [0.5, 0.6) is 0 Å². The van der Waals surface area contributed by atoms with Crippen LogP contribution in [0.15, 0.2) is 10.2 Å². The lowest BCUT2D eigenvalue weighted by molar-refractivity contribution is 0.0635. The highest BCUT2D eigenvalue weighted by Crippen LogP contribution is 2.54. The number of hydrogen-bond donors (Lipinski definition) is 2. The van der Waals surface area contributed by atoms with E-state index in [1.165, 1.54) is 19.3 Å². The molecule has 0 amide bonds. The fraction of sp³-hybridized carbons (Fsp3) is 1.00. The Labute approximate surface area is 118 Å². The molecular formula is C12H20N4S2. The summed E-state index contributed by atoms with van der Waals surface area (Å²) >= 11 is 6.66. The van der Waals surface area contributed by atoms with Crippen LogP contribution >= 0.6 is 24.4 Å². The van der Waals surface area contributed by atoms with Crippen LogP contribution in [-0.2, 0) is 0 Å². The van der Waals surface area contributed by atoms with Crippen molar-refractivity contribution in [3.8, 4) is 0 Å². The summed E-state index contributed by atoms with van der Waals surface area (Å²) in [5, 5.41) is 13.9. The molecule has 1 aliphatic carbocycles. The number of azo groups is 1. The minimum atomic E-state index is -0.0324. The van der Waals surface area contributed by atoms with E-state index in [0.717, 1.165) is 23.8 Å². The molecule has 4 rings (SSSR count). The zero-order valence-corrected chi connectivity index (χ0v) is 12.3. The van der Waals surface area contributed by atoms with E-state index in [9.17, 15) is 0 Å². The first-order valence-electron chi connectivity index (χ1n) is 6.96. The van der Waals surface area contributed by atoms with Gasteiger partial charge in [-0.25, -0.2) is 4.90 Å². The molecule has 6 heteroatoms. The van der Waals surface area contributed by atoms with E-state index < -0.39 is 0 Å². The first-order chi connectivity index (χ1) is 8.74.